The van der Waals surface area contributed by atoms with E-state index >= 15 is 0 Å². The fourth-order valence-corrected chi connectivity index (χ4v) is 2.03. The van der Waals surface area contributed by atoms with Crippen molar-refractivity contribution in [2.45, 2.75) is 58.6 Å². The summed E-state index contributed by atoms with van der Waals surface area (Å²) in [6, 6.07) is 4.17. The quantitative estimate of drug-likeness (QED) is 0.809. The molecule has 18 heavy (non-hydrogen) atoms. The third kappa shape index (κ3) is 3.79. The molecule has 0 aromatic carbocycles. The molecule has 0 bridgehead atoms. The van der Waals surface area contributed by atoms with Crippen LogP contribution in [0.3, 0.4) is 0 Å². The molecule has 0 aliphatic carbocycles. The molecular weight excluding hydrogens is 224 g/mol. The molecule has 0 saturated heterocycles. The summed E-state index contributed by atoms with van der Waals surface area (Å²) in [6.45, 7) is 9.03. The summed E-state index contributed by atoms with van der Waals surface area (Å²) in [5.41, 5.74) is 8.32. The number of hydrogen-bond acceptors (Lipinski definition) is 3. The summed E-state index contributed by atoms with van der Waals surface area (Å²) in [4.78, 5) is 4.46. The van der Waals surface area contributed by atoms with Gasteiger partial charge < -0.3 is 10.5 Å². The Balaban J connectivity index is 2.69. The van der Waals surface area contributed by atoms with Gasteiger partial charge in [-0.3, -0.25) is 4.98 Å². The highest BCUT2D eigenvalue weighted by Crippen LogP contribution is 2.21. The third-order valence-corrected chi connectivity index (χ3v) is 3.68. The van der Waals surface area contributed by atoms with E-state index in [4.69, 9.17) is 10.5 Å². The minimum atomic E-state index is -0.264. The first-order valence-corrected chi connectivity index (χ1v) is 6.89. The summed E-state index contributed by atoms with van der Waals surface area (Å²) >= 11 is 0. The van der Waals surface area contributed by atoms with Crippen molar-refractivity contribution in [2.75, 3.05) is 6.61 Å². The van der Waals surface area contributed by atoms with Gasteiger partial charge in [0.15, 0.2) is 0 Å². The molecule has 3 heteroatoms. The average Bonchev–Trinajstić information content (AvgIpc) is 2.39. The van der Waals surface area contributed by atoms with Gasteiger partial charge in [-0.15, -0.1) is 0 Å². The monoisotopic (exact) mass is 250 g/mol. The van der Waals surface area contributed by atoms with E-state index in [0.717, 1.165) is 25.0 Å². The lowest BCUT2D eigenvalue weighted by atomic mass is 9.90. The highest BCUT2D eigenvalue weighted by atomic mass is 16.5. The first-order valence-electron chi connectivity index (χ1n) is 6.89. The lowest BCUT2D eigenvalue weighted by molar-refractivity contribution is -0.0463. The number of hydrogen-bond donors (Lipinski definition) is 1. The van der Waals surface area contributed by atoms with E-state index in [1.54, 1.807) is 0 Å². The second-order valence-corrected chi connectivity index (χ2v) is 4.92. The third-order valence-electron chi connectivity index (χ3n) is 3.68. The maximum atomic E-state index is 6.29. The van der Waals surface area contributed by atoms with Gasteiger partial charge >= 0.3 is 0 Å². The van der Waals surface area contributed by atoms with Crippen molar-refractivity contribution in [3.63, 3.8) is 0 Å². The standard InChI is InChI=1S/C15H26N2O/c1-5-12-8-9-13(17-11-12)10-14(16)15(4,6-2)18-7-3/h8-9,11,14H,5-7,10,16H2,1-4H3. The topological polar surface area (TPSA) is 48.1 Å². The van der Waals surface area contributed by atoms with Crippen LogP contribution in [0.4, 0.5) is 0 Å². The molecule has 1 aromatic heterocycles. The van der Waals surface area contributed by atoms with E-state index in [0.29, 0.717) is 6.61 Å². The first kappa shape index (κ1) is 15.1. The molecule has 0 aliphatic rings. The van der Waals surface area contributed by atoms with Crippen molar-refractivity contribution < 1.29 is 4.74 Å². The van der Waals surface area contributed by atoms with Crippen molar-refractivity contribution in [3.8, 4) is 0 Å². The summed E-state index contributed by atoms with van der Waals surface area (Å²) < 4.78 is 5.80. The average molecular weight is 250 g/mol. The Kier molecular flexibility index (Phi) is 5.76. The molecule has 1 rings (SSSR count). The van der Waals surface area contributed by atoms with Gasteiger partial charge in [-0.2, -0.15) is 0 Å². The van der Waals surface area contributed by atoms with Crippen molar-refractivity contribution in [1.29, 1.82) is 0 Å². The van der Waals surface area contributed by atoms with Gasteiger partial charge in [0, 0.05) is 31.0 Å². The molecule has 0 spiro atoms. The van der Waals surface area contributed by atoms with Crippen LogP contribution in [0.1, 0.15) is 45.4 Å². The molecule has 2 N–H and O–H groups in total. The van der Waals surface area contributed by atoms with Gasteiger partial charge in [-0.25, -0.2) is 0 Å². The van der Waals surface area contributed by atoms with Crippen LogP contribution >= 0.6 is 0 Å². The van der Waals surface area contributed by atoms with E-state index < -0.39 is 0 Å². The molecule has 2 atom stereocenters. The zero-order valence-electron chi connectivity index (χ0n) is 12.1. The molecule has 102 valence electrons. The van der Waals surface area contributed by atoms with Gasteiger partial charge in [-0.1, -0.05) is 19.9 Å². The predicted octanol–water partition coefficient (Wildman–Crippen LogP) is 2.72. The van der Waals surface area contributed by atoms with E-state index in [-0.39, 0.29) is 11.6 Å². The first-order chi connectivity index (χ1) is 8.55. The number of aromatic nitrogens is 1. The van der Waals surface area contributed by atoms with Crippen LogP contribution in [-0.2, 0) is 17.6 Å². The number of nitrogens with two attached hydrogens (primary N) is 1. The van der Waals surface area contributed by atoms with E-state index in [2.05, 4.69) is 37.9 Å². The minimum Gasteiger partial charge on any atom is -0.374 e. The Bertz CT molecular complexity index is 350. The van der Waals surface area contributed by atoms with Crippen LogP contribution in [0.25, 0.3) is 0 Å². The normalized spacial score (nSPS) is 16.3. The SMILES string of the molecule is CCOC(C)(CC)C(N)Cc1ccc(CC)cn1. The van der Waals surface area contributed by atoms with Crippen molar-refractivity contribution in [3.05, 3.63) is 29.6 Å². The summed E-state index contributed by atoms with van der Waals surface area (Å²) in [6.07, 6.45) is 4.63. The molecule has 1 heterocycles. The molecule has 2 unspecified atom stereocenters. The number of nitrogens with zero attached hydrogens (tertiary/aromatic N) is 1. The second-order valence-electron chi connectivity index (χ2n) is 4.92. The minimum absolute atomic E-state index is 0.0255. The maximum Gasteiger partial charge on any atom is 0.0805 e. The number of aryl methyl sites for hydroxylation is 1. The van der Waals surface area contributed by atoms with Crippen LogP contribution in [0.15, 0.2) is 18.3 Å². The summed E-state index contributed by atoms with van der Waals surface area (Å²) in [5.74, 6) is 0. The Hall–Kier alpha value is -0.930. The molecule has 0 saturated carbocycles. The molecule has 0 amide bonds. The fraction of sp³-hybridized carbons (Fsp3) is 0.667. The van der Waals surface area contributed by atoms with Crippen LogP contribution in [-0.4, -0.2) is 23.2 Å². The Morgan fingerprint density at radius 2 is 2.06 bits per heavy atom. The largest absolute Gasteiger partial charge is 0.374 e. The van der Waals surface area contributed by atoms with E-state index in [1.165, 1.54) is 5.56 Å². The smallest absolute Gasteiger partial charge is 0.0805 e. The maximum absolute atomic E-state index is 6.29. The van der Waals surface area contributed by atoms with E-state index in [1.807, 2.05) is 13.1 Å². The van der Waals surface area contributed by atoms with Crippen LogP contribution < -0.4 is 5.73 Å². The van der Waals surface area contributed by atoms with Crippen molar-refractivity contribution >= 4 is 0 Å². The van der Waals surface area contributed by atoms with Gasteiger partial charge in [0.2, 0.25) is 0 Å². The van der Waals surface area contributed by atoms with Gasteiger partial charge in [0.05, 0.1) is 5.60 Å². The lowest BCUT2D eigenvalue weighted by Gasteiger charge is -2.34. The highest BCUT2D eigenvalue weighted by molar-refractivity contribution is 5.15. The molecule has 1 aromatic rings. The van der Waals surface area contributed by atoms with Crippen molar-refractivity contribution in [1.82, 2.24) is 4.98 Å². The molecule has 3 nitrogen and oxygen atoms in total. The lowest BCUT2D eigenvalue weighted by Crippen LogP contribution is -2.48. The van der Waals surface area contributed by atoms with Crippen LogP contribution in [0, 0.1) is 0 Å². The van der Waals surface area contributed by atoms with Crippen LogP contribution in [0.5, 0.6) is 0 Å². The zero-order chi connectivity index (χ0) is 13.6. The van der Waals surface area contributed by atoms with Gasteiger partial charge in [0.1, 0.15) is 0 Å². The van der Waals surface area contributed by atoms with Gasteiger partial charge in [0.25, 0.3) is 0 Å². The molecule has 0 radical (unpaired) electrons. The Morgan fingerprint density at radius 3 is 2.50 bits per heavy atom. The summed E-state index contributed by atoms with van der Waals surface area (Å²) in [5, 5.41) is 0. The molecule has 0 fully saturated rings. The fourth-order valence-electron chi connectivity index (χ4n) is 2.03. The number of pyridine rings is 1. The van der Waals surface area contributed by atoms with Gasteiger partial charge in [-0.05, 0) is 38.3 Å². The van der Waals surface area contributed by atoms with Crippen LogP contribution in [0.2, 0.25) is 0 Å². The highest BCUT2D eigenvalue weighted by Gasteiger charge is 2.30. The molecular formula is C15H26N2O. The Morgan fingerprint density at radius 1 is 1.33 bits per heavy atom. The zero-order valence-corrected chi connectivity index (χ0v) is 12.1. The number of ether oxygens (including phenoxy) is 1. The summed E-state index contributed by atoms with van der Waals surface area (Å²) in [7, 11) is 0. The second kappa shape index (κ2) is 6.86. The Labute approximate surface area is 111 Å². The predicted molar refractivity (Wildman–Crippen MR) is 75.6 cm³/mol. The molecule has 0 aliphatic heterocycles. The van der Waals surface area contributed by atoms with E-state index in [9.17, 15) is 0 Å². The van der Waals surface area contributed by atoms with Crippen molar-refractivity contribution in [2.24, 2.45) is 5.73 Å². The number of rotatable bonds is 7.